The van der Waals surface area contributed by atoms with Gasteiger partial charge in [0.1, 0.15) is 0 Å². The van der Waals surface area contributed by atoms with E-state index in [0.717, 1.165) is 23.5 Å². The highest BCUT2D eigenvalue weighted by molar-refractivity contribution is 6.30. The van der Waals surface area contributed by atoms with Crippen LogP contribution in [0.1, 0.15) is 21.7 Å². The van der Waals surface area contributed by atoms with E-state index < -0.39 is 0 Å². The summed E-state index contributed by atoms with van der Waals surface area (Å²) in [4.78, 5) is 17.2. The molecule has 27 heavy (non-hydrogen) atoms. The molecule has 0 aliphatic carbocycles. The second kappa shape index (κ2) is 7.04. The maximum atomic E-state index is 13.2. The van der Waals surface area contributed by atoms with Gasteiger partial charge in [-0.1, -0.05) is 41.1 Å². The van der Waals surface area contributed by atoms with Crippen molar-refractivity contribution in [3.8, 4) is 5.69 Å². The molecular formula is C20H20ClN5O. The summed E-state index contributed by atoms with van der Waals surface area (Å²) in [5.41, 5.74) is 4.15. The van der Waals surface area contributed by atoms with Gasteiger partial charge in [0.25, 0.3) is 5.91 Å². The second-order valence-corrected chi connectivity index (χ2v) is 7.13. The molecule has 1 amide bonds. The van der Waals surface area contributed by atoms with Gasteiger partial charge < -0.3 is 9.80 Å². The Bertz CT molecular complexity index is 1000. The first-order valence-electron chi connectivity index (χ1n) is 8.81. The average molecular weight is 382 g/mol. The van der Waals surface area contributed by atoms with Crippen molar-refractivity contribution < 1.29 is 4.79 Å². The first-order valence-corrected chi connectivity index (χ1v) is 9.19. The molecule has 1 aliphatic heterocycles. The summed E-state index contributed by atoms with van der Waals surface area (Å²) in [5.74, 6) is -0.106. The van der Waals surface area contributed by atoms with E-state index in [1.165, 1.54) is 0 Å². The van der Waals surface area contributed by atoms with Crippen LogP contribution in [-0.4, -0.2) is 45.9 Å². The molecule has 7 heteroatoms. The Morgan fingerprint density at radius 3 is 2.74 bits per heavy atom. The largest absolute Gasteiger partial charge is 0.373 e. The van der Waals surface area contributed by atoms with Gasteiger partial charge in [0.15, 0.2) is 5.69 Å². The third-order valence-corrected chi connectivity index (χ3v) is 5.14. The summed E-state index contributed by atoms with van der Waals surface area (Å²) >= 11 is 6.08. The number of aromatic nitrogens is 3. The maximum absolute atomic E-state index is 13.2. The molecule has 0 saturated heterocycles. The first-order chi connectivity index (χ1) is 13.0. The van der Waals surface area contributed by atoms with Crippen LogP contribution in [0.3, 0.4) is 0 Å². The normalized spacial score (nSPS) is 14.0. The van der Waals surface area contributed by atoms with Crippen LogP contribution >= 0.6 is 11.6 Å². The van der Waals surface area contributed by atoms with Gasteiger partial charge in [-0.15, -0.1) is 5.10 Å². The fraction of sp³-hybridized carbons (Fsp3) is 0.250. The maximum Gasteiger partial charge on any atom is 0.276 e. The summed E-state index contributed by atoms with van der Waals surface area (Å²) in [6.45, 7) is 3.81. The molecule has 1 aromatic heterocycles. The van der Waals surface area contributed by atoms with Crippen LogP contribution < -0.4 is 4.90 Å². The molecule has 1 aliphatic rings. The number of fused-ring (bicyclic) bond motifs is 1. The van der Waals surface area contributed by atoms with E-state index in [2.05, 4.69) is 27.3 Å². The molecule has 0 saturated carbocycles. The topological polar surface area (TPSA) is 54.3 Å². The van der Waals surface area contributed by atoms with Gasteiger partial charge in [0.05, 0.1) is 11.4 Å². The zero-order chi connectivity index (χ0) is 19.0. The highest BCUT2D eigenvalue weighted by atomic mass is 35.5. The number of para-hydroxylation sites is 1. The quantitative estimate of drug-likeness (QED) is 0.683. The van der Waals surface area contributed by atoms with Crippen LogP contribution in [0.5, 0.6) is 0 Å². The van der Waals surface area contributed by atoms with Crippen LogP contribution in [0, 0.1) is 6.92 Å². The highest BCUT2D eigenvalue weighted by Gasteiger charge is 2.26. The predicted octanol–water partition coefficient (Wildman–Crippen LogP) is 3.32. The number of benzene rings is 2. The minimum atomic E-state index is -0.106. The lowest BCUT2D eigenvalue weighted by Crippen LogP contribution is -2.35. The van der Waals surface area contributed by atoms with E-state index in [9.17, 15) is 4.79 Å². The summed E-state index contributed by atoms with van der Waals surface area (Å²) in [6.07, 6.45) is 0. The summed E-state index contributed by atoms with van der Waals surface area (Å²) in [7, 11) is 2.05. The SMILES string of the molecule is Cc1c(C(=O)N2CCN(C)c3ccccc3C2)nnn1-c1cccc(Cl)c1. The fourth-order valence-electron chi connectivity index (χ4n) is 3.40. The van der Waals surface area contributed by atoms with Crippen molar-refractivity contribution in [3.05, 3.63) is 70.5 Å². The lowest BCUT2D eigenvalue weighted by molar-refractivity contribution is 0.0745. The van der Waals surface area contributed by atoms with Crippen LogP contribution in [0.15, 0.2) is 48.5 Å². The molecule has 0 N–H and O–H groups in total. The summed E-state index contributed by atoms with van der Waals surface area (Å²) in [5, 5.41) is 8.96. The zero-order valence-electron chi connectivity index (χ0n) is 15.3. The van der Waals surface area contributed by atoms with Crippen molar-refractivity contribution >= 4 is 23.2 Å². The molecule has 4 rings (SSSR count). The van der Waals surface area contributed by atoms with Crippen LogP contribution in [0.25, 0.3) is 5.69 Å². The number of carbonyl (C=O) groups excluding carboxylic acids is 1. The highest BCUT2D eigenvalue weighted by Crippen LogP contribution is 2.25. The van der Waals surface area contributed by atoms with E-state index in [-0.39, 0.29) is 5.91 Å². The predicted molar refractivity (Wildman–Crippen MR) is 106 cm³/mol. The third-order valence-electron chi connectivity index (χ3n) is 4.91. The van der Waals surface area contributed by atoms with Crippen molar-refractivity contribution in [2.75, 3.05) is 25.0 Å². The van der Waals surface area contributed by atoms with E-state index in [1.54, 1.807) is 16.8 Å². The van der Waals surface area contributed by atoms with Crippen LogP contribution in [-0.2, 0) is 6.54 Å². The molecule has 0 atom stereocenters. The van der Waals surface area contributed by atoms with Gasteiger partial charge in [-0.05, 0) is 36.8 Å². The number of rotatable bonds is 2. The Hall–Kier alpha value is -2.86. The second-order valence-electron chi connectivity index (χ2n) is 6.69. The lowest BCUT2D eigenvalue weighted by atomic mass is 10.1. The Balaban J connectivity index is 1.64. The Kier molecular flexibility index (Phi) is 4.58. The minimum Gasteiger partial charge on any atom is -0.373 e. The number of nitrogens with zero attached hydrogens (tertiary/aromatic N) is 5. The fourth-order valence-corrected chi connectivity index (χ4v) is 3.58. The molecule has 2 heterocycles. The number of halogens is 1. The number of likely N-dealkylation sites (N-methyl/N-ethyl adjacent to an activating group) is 1. The first kappa shape index (κ1) is 17.5. The molecule has 138 valence electrons. The van der Waals surface area contributed by atoms with E-state index >= 15 is 0 Å². The minimum absolute atomic E-state index is 0.106. The summed E-state index contributed by atoms with van der Waals surface area (Å²) < 4.78 is 1.65. The number of amides is 1. The van der Waals surface area contributed by atoms with Crippen molar-refractivity contribution in [1.29, 1.82) is 0 Å². The zero-order valence-corrected chi connectivity index (χ0v) is 16.0. The molecule has 0 bridgehead atoms. The molecule has 0 radical (unpaired) electrons. The van der Waals surface area contributed by atoms with Gasteiger partial charge >= 0.3 is 0 Å². The van der Waals surface area contributed by atoms with Crippen molar-refractivity contribution in [1.82, 2.24) is 19.9 Å². The molecule has 6 nitrogen and oxygen atoms in total. The standard InChI is InChI=1S/C20H20ClN5O/c1-14-19(22-23-26(14)17-8-5-7-16(21)12-17)20(27)25-11-10-24(2)18-9-4-3-6-15(18)13-25/h3-9,12H,10-11,13H2,1-2H3. The van der Waals surface area contributed by atoms with Gasteiger partial charge in [-0.25, -0.2) is 4.68 Å². The molecule has 0 unspecified atom stereocenters. The van der Waals surface area contributed by atoms with Gasteiger partial charge in [-0.2, -0.15) is 0 Å². The number of anilines is 1. The smallest absolute Gasteiger partial charge is 0.276 e. The van der Waals surface area contributed by atoms with Crippen molar-refractivity contribution in [3.63, 3.8) is 0 Å². The number of carbonyl (C=O) groups is 1. The van der Waals surface area contributed by atoms with Crippen molar-refractivity contribution in [2.24, 2.45) is 0 Å². The van der Waals surface area contributed by atoms with Crippen molar-refractivity contribution in [2.45, 2.75) is 13.5 Å². The molecule has 0 spiro atoms. The Morgan fingerprint density at radius 1 is 1.11 bits per heavy atom. The van der Waals surface area contributed by atoms with Crippen LogP contribution in [0.2, 0.25) is 5.02 Å². The Morgan fingerprint density at radius 2 is 1.93 bits per heavy atom. The number of hydrogen-bond acceptors (Lipinski definition) is 4. The molecule has 2 aromatic carbocycles. The molecular weight excluding hydrogens is 362 g/mol. The monoisotopic (exact) mass is 381 g/mol. The lowest BCUT2D eigenvalue weighted by Gasteiger charge is -2.20. The van der Waals surface area contributed by atoms with Crippen LogP contribution in [0.4, 0.5) is 5.69 Å². The van der Waals surface area contributed by atoms with E-state index in [4.69, 9.17) is 11.6 Å². The molecule has 0 fully saturated rings. The third kappa shape index (κ3) is 3.28. The summed E-state index contributed by atoms with van der Waals surface area (Å²) in [6, 6.07) is 15.5. The number of hydrogen-bond donors (Lipinski definition) is 0. The molecule has 3 aromatic rings. The van der Waals surface area contributed by atoms with E-state index in [0.29, 0.717) is 29.5 Å². The van der Waals surface area contributed by atoms with E-state index in [1.807, 2.05) is 43.1 Å². The average Bonchev–Trinajstić information content (AvgIpc) is 2.97. The van der Waals surface area contributed by atoms with Gasteiger partial charge in [0.2, 0.25) is 0 Å². The van der Waals surface area contributed by atoms with Gasteiger partial charge in [0, 0.05) is 37.4 Å². The van der Waals surface area contributed by atoms with Gasteiger partial charge in [-0.3, -0.25) is 4.79 Å². The Labute approximate surface area is 163 Å².